The average molecular weight is 295 g/mol. The average Bonchev–Trinajstić information content (AvgIpc) is 3.16. The smallest absolute Gasteiger partial charge is 0.410 e. The number of rotatable bonds is 4. The van der Waals surface area contributed by atoms with Crippen LogP contribution in [0, 0.1) is 5.92 Å². The van der Waals surface area contributed by atoms with Gasteiger partial charge >= 0.3 is 6.09 Å². The molecule has 1 amide bonds. The predicted octanol–water partition coefficient (Wildman–Crippen LogP) is 3.74. The molecule has 2 bridgehead atoms. The van der Waals surface area contributed by atoms with Crippen LogP contribution in [0.15, 0.2) is 0 Å². The lowest BCUT2D eigenvalue weighted by Gasteiger charge is -2.41. The molecule has 3 fully saturated rings. The van der Waals surface area contributed by atoms with Crippen molar-refractivity contribution in [3.05, 3.63) is 0 Å². The molecule has 3 unspecified atom stereocenters. The molecule has 0 aliphatic carbocycles. The summed E-state index contributed by atoms with van der Waals surface area (Å²) in [5.41, 5.74) is -0.325. The molecule has 3 heterocycles. The Balaban J connectivity index is 1.69. The number of amides is 1. The molecule has 3 rings (SSSR count). The fourth-order valence-electron chi connectivity index (χ4n) is 4.50. The van der Waals surface area contributed by atoms with Crippen LogP contribution < -0.4 is 0 Å². The summed E-state index contributed by atoms with van der Waals surface area (Å²) in [5.74, 6) is 0.389. The molecule has 0 aromatic rings. The van der Waals surface area contributed by atoms with Gasteiger partial charge in [0.05, 0.1) is 12.2 Å². The standard InChI is InChI=1S/C17H29NO3/c1-3-17(4-2,14-12-13-8-9-15(14)20-13)21-16(19)18-10-6-5-7-11-18/h13-15H,3-12H2,1-2H3. The molecule has 0 saturated carbocycles. The van der Waals surface area contributed by atoms with E-state index >= 15 is 0 Å². The molecule has 0 N–H and O–H groups in total. The molecular weight excluding hydrogens is 266 g/mol. The van der Waals surface area contributed by atoms with Crippen LogP contribution in [-0.4, -0.2) is 41.9 Å². The third kappa shape index (κ3) is 2.79. The molecule has 120 valence electrons. The van der Waals surface area contributed by atoms with E-state index in [1.54, 1.807) is 0 Å². The van der Waals surface area contributed by atoms with Gasteiger partial charge in [0.15, 0.2) is 0 Å². The van der Waals surface area contributed by atoms with Gasteiger partial charge in [0.25, 0.3) is 0 Å². The van der Waals surface area contributed by atoms with E-state index in [-0.39, 0.29) is 11.7 Å². The minimum atomic E-state index is -0.325. The van der Waals surface area contributed by atoms with E-state index < -0.39 is 0 Å². The van der Waals surface area contributed by atoms with Crippen molar-refractivity contribution in [3.63, 3.8) is 0 Å². The molecule has 3 saturated heterocycles. The second-order valence-corrected chi connectivity index (χ2v) is 6.90. The molecule has 0 aromatic heterocycles. The van der Waals surface area contributed by atoms with Crippen molar-refractivity contribution in [2.75, 3.05) is 13.1 Å². The Bertz CT molecular complexity index is 374. The molecular formula is C17H29NO3. The van der Waals surface area contributed by atoms with Crippen molar-refractivity contribution in [1.82, 2.24) is 4.90 Å². The number of piperidine rings is 1. The van der Waals surface area contributed by atoms with E-state index in [0.717, 1.165) is 51.6 Å². The highest BCUT2D eigenvalue weighted by Crippen LogP contribution is 2.48. The number of hydrogen-bond donors (Lipinski definition) is 0. The topological polar surface area (TPSA) is 38.8 Å². The van der Waals surface area contributed by atoms with E-state index in [4.69, 9.17) is 9.47 Å². The Labute approximate surface area is 128 Å². The van der Waals surface area contributed by atoms with Gasteiger partial charge in [0, 0.05) is 19.0 Å². The van der Waals surface area contributed by atoms with Crippen LogP contribution in [0.1, 0.15) is 65.2 Å². The zero-order chi connectivity index (χ0) is 14.9. The van der Waals surface area contributed by atoms with Gasteiger partial charge in [-0.05, 0) is 51.4 Å². The highest BCUT2D eigenvalue weighted by atomic mass is 16.6. The Kier molecular flexibility index (Phi) is 4.43. The predicted molar refractivity (Wildman–Crippen MR) is 81.2 cm³/mol. The normalized spacial score (nSPS) is 32.5. The number of fused-ring (bicyclic) bond motifs is 2. The summed E-state index contributed by atoms with van der Waals surface area (Å²) in [6, 6.07) is 0. The maximum absolute atomic E-state index is 12.6. The maximum atomic E-state index is 12.6. The Morgan fingerprint density at radius 3 is 2.43 bits per heavy atom. The molecule has 3 aliphatic rings. The van der Waals surface area contributed by atoms with Crippen LogP contribution in [0.25, 0.3) is 0 Å². The van der Waals surface area contributed by atoms with Crippen molar-refractivity contribution < 1.29 is 14.3 Å². The summed E-state index contributed by atoms with van der Waals surface area (Å²) in [6.45, 7) is 6.02. The summed E-state index contributed by atoms with van der Waals surface area (Å²) in [4.78, 5) is 14.5. The molecule has 0 radical (unpaired) electrons. The molecule has 4 nitrogen and oxygen atoms in total. The van der Waals surface area contributed by atoms with Crippen molar-refractivity contribution in [2.45, 2.75) is 83.0 Å². The minimum Gasteiger partial charge on any atom is -0.442 e. The van der Waals surface area contributed by atoms with Gasteiger partial charge in [-0.25, -0.2) is 4.79 Å². The number of ether oxygens (including phenoxy) is 2. The molecule has 21 heavy (non-hydrogen) atoms. The molecule has 0 aromatic carbocycles. The fraction of sp³-hybridized carbons (Fsp3) is 0.941. The Hall–Kier alpha value is -0.770. The van der Waals surface area contributed by atoms with Crippen LogP contribution in [0.4, 0.5) is 4.79 Å². The van der Waals surface area contributed by atoms with Gasteiger partial charge in [0.2, 0.25) is 0 Å². The van der Waals surface area contributed by atoms with Crippen LogP contribution >= 0.6 is 0 Å². The lowest BCUT2D eigenvalue weighted by molar-refractivity contribution is -0.0744. The van der Waals surface area contributed by atoms with Crippen LogP contribution in [0.5, 0.6) is 0 Å². The van der Waals surface area contributed by atoms with Crippen LogP contribution in [-0.2, 0) is 9.47 Å². The number of likely N-dealkylation sites (tertiary alicyclic amines) is 1. The van der Waals surface area contributed by atoms with E-state index in [1.807, 2.05) is 4.90 Å². The first-order chi connectivity index (χ1) is 10.2. The first kappa shape index (κ1) is 15.1. The summed E-state index contributed by atoms with van der Waals surface area (Å²) < 4.78 is 12.1. The van der Waals surface area contributed by atoms with Crippen LogP contribution in [0.3, 0.4) is 0 Å². The van der Waals surface area contributed by atoms with Crippen molar-refractivity contribution in [3.8, 4) is 0 Å². The third-order valence-corrected chi connectivity index (χ3v) is 5.88. The molecule has 3 atom stereocenters. The van der Waals surface area contributed by atoms with Gasteiger partial charge in [-0.15, -0.1) is 0 Å². The first-order valence-corrected chi connectivity index (χ1v) is 8.82. The summed E-state index contributed by atoms with van der Waals surface area (Å²) in [6.07, 6.45) is 9.24. The largest absolute Gasteiger partial charge is 0.442 e. The SMILES string of the molecule is CCC(CC)(OC(=O)N1CCCCC1)C1CC2CCC1O2. The van der Waals surface area contributed by atoms with E-state index in [9.17, 15) is 4.79 Å². The number of nitrogens with zero attached hydrogens (tertiary/aromatic N) is 1. The van der Waals surface area contributed by atoms with Crippen LogP contribution in [0.2, 0.25) is 0 Å². The Morgan fingerprint density at radius 1 is 1.19 bits per heavy atom. The molecule has 0 spiro atoms. The Morgan fingerprint density at radius 2 is 1.90 bits per heavy atom. The van der Waals surface area contributed by atoms with Gasteiger partial charge in [-0.1, -0.05) is 13.8 Å². The highest BCUT2D eigenvalue weighted by molar-refractivity contribution is 5.68. The number of hydrogen-bond acceptors (Lipinski definition) is 3. The number of carbonyl (C=O) groups is 1. The van der Waals surface area contributed by atoms with Gasteiger partial charge in [-0.3, -0.25) is 0 Å². The fourth-order valence-corrected chi connectivity index (χ4v) is 4.50. The summed E-state index contributed by atoms with van der Waals surface area (Å²) >= 11 is 0. The first-order valence-electron chi connectivity index (χ1n) is 8.82. The minimum absolute atomic E-state index is 0.0961. The van der Waals surface area contributed by atoms with Gasteiger partial charge in [0.1, 0.15) is 5.60 Å². The van der Waals surface area contributed by atoms with Crippen molar-refractivity contribution in [2.24, 2.45) is 5.92 Å². The quantitative estimate of drug-likeness (QED) is 0.793. The highest BCUT2D eigenvalue weighted by Gasteiger charge is 2.52. The van der Waals surface area contributed by atoms with Gasteiger partial charge in [-0.2, -0.15) is 0 Å². The van der Waals surface area contributed by atoms with E-state index in [2.05, 4.69) is 13.8 Å². The third-order valence-electron chi connectivity index (χ3n) is 5.88. The van der Waals surface area contributed by atoms with Crippen molar-refractivity contribution >= 4 is 6.09 Å². The molecule has 3 aliphatic heterocycles. The summed E-state index contributed by atoms with van der Waals surface area (Å²) in [5, 5.41) is 0. The number of carbonyl (C=O) groups excluding carboxylic acids is 1. The van der Waals surface area contributed by atoms with E-state index in [0.29, 0.717) is 18.1 Å². The zero-order valence-corrected chi connectivity index (χ0v) is 13.5. The lowest BCUT2D eigenvalue weighted by atomic mass is 9.74. The molecule has 4 heteroatoms. The van der Waals surface area contributed by atoms with E-state index in [1.165, 1.54) is 12.8 Å². The summed E-state index contributed by atoms with van der Waals surface area (Å²) in [7, 11) is 0. The maximum Gasteiger partial charge on any atom is 0.410 e. The van der Waals surface area contributed by atoms with Crippen molar-refractivity contribution in [1.29, 1.82) is 0 Å². The second kappa shape index (κ2) is 6.15. The monoisotopic (exact) mass is 295 g/mol. The zero-order valence-electron chi connectivity index (χ0n) is 13.5. The van der Waals surface area contributed by atoms with Gasteiger partial charge < -0.3 is 14.4 Å². The lowest BCUT2D eigenvalue weighted by Crippen LogP contribution is -2.49. The second-order valence-electron chi connectivity index (χ2n) is 6.90.